The van der Waals surface area contributed by atoms with Crippen LogP contribution in [0.4, 0.5) is 4.79 Å². The molecule has 8 heteroatoms. The standard InChI is InChI=1S/C17H22NO5.C3H6.2C2H6.Re.Sn/c1-4-13(14-8-6-5-7-9-14)10-12(2)11-23-17(21)18-15(19)16(20)22-3;1-3-2;2*1-2;;/h5-10,12,15,19H,3-4,11H2,1-2H3,(H,18,21);3H,1H2,2H3;2*1-2H3;;/b13-10-;;;;;. The molecular weight excluding hydrogens is 687 g/mol. The Morgan fingerprint density at radius 1 is 1.16 bits per heavy atom. The topological polar surface area (TPSA) is 84.9 Å². The predicted molar refractivity (Wildman–Crippen MR) is 130 cm³/mol. The molecule has 0 saturated carbocycles. The summed E-state index contributed by atoms with van der Waals surface area (Å²) in [4.78, 5) is 22.8. The molecule has 1 aromatic carbocycles. The molecule has 0 aliphatic rings. The maximum atomic E-state index is 11.6. The van der Waals surface area contributed by atoms with Crippen molar-refractivity contribution in [2.24, 2.45) is 5.92 Å². The molecule has 2 N–H and O–H groups in total. The van der Waals surface area contributed by atoms with E-state index in [1.165, 1.54) is 5.57 Å². The van der Waals surface area contributed by atoms with Crippen LogP contribution in [0.25, 0.3) is 5.57 Å². The fraction of sp³-hybridized carbons (Fsp3) is 0.500. The minimum Gasteiger partial charge on any atom is -0.0622 e. The number of amides is 1. The monoisotopic (exact) mass is 729 g/mol. The Hall–Kier alpha value is -1.14. The summed E-state index contributed by atoms with van der Waals surface area (Å²) in [5.41, 5.74) is 2.30. The molecule has 0 saturated heterocycles. The number of esters is 1. The van der Waals surface area contributed by atoms with Crippen LogP contribution in [0.3, 0.4) is 0 Å². The van der Waals surface area contributed by atoms with Crippen molar-refractivity contribution in [1.82, 2.24) is 5.32 Å². The molecule has 1 rings (SSSR count). The van der Waals surface area contributed by atoms with Crippen molar-refractivity contribution in [1.29, 1.82) is 0 Å². The quantitative estimate of drug-likeness (QED) is 0.169. The summed E-state index contributed by atoms with van der Waals surface area (Å²) in [6, 6.07) is 9.99. The number of carbonyl (C=O) groups excluding carboxylic acids is 2. The van der Waals surface area contributed by atoms with Crippen molar-refractivity contribution in [3.8, 4) is 0 Å². The Bertz CT molecular complexity index is 612. The summed E-state index contributed by atoms with van der Waals surface area (Å²) in [6.45, 7) is 17.4. The van der Waals surface area contributed by atoms with Crippen molar-refractivity contribution >= 4 is 40.2 Å². The van der Waals surface area contributed by atoms with Crippen molar-refractivity contribution in [3.05, 3.63) is 54.6 Å². The Morgan fingerprint density at radius 3 is 2.09 bits per heavy atom. The zero-order chi connectivity index (χ0) is 24.7. The molecule has 1 aromatic rings. The van der Waals surface area contributed by atoms with Crippen LogP contribution in [0.1, 0.15) is 60.5 Å². The Morgan fingerprint density at radius 2 is 1.66 bits per heavy atom. The first-order chi connectivity index (χ1) is 14.9. The van der Waals surface area contributed by atoms with Gasteiger partial charge in [0.15, 0.2) is 0 Å². The van der Waals surface area contributed by atoms with Crippen LogP contribution in [0, 0.1) is 5.92 Å². The normalized spacial score (nSPS) is 11.1. The Balaban J connectivity index is -0.000000439. The Kier molecular flexibility index (Phi) is 33.2. The summed E-state index contributed by atoms with van der Waals surface area (Å²) in [5, 5.41) is 11.5. The maximum absolute atomic E-state index is 11.6. The minimum atomic E-state index is -1.71. The van der Waals surface area contributed by atoms with Crippen molar-refractivity contribution in [2.75, 3.05) is 11.2 Å². The third kappa shape index (κ3) is 20.7. The number of ether oxygens (including phenoxy) is 2. The van der Waals surface area contributed by atoms with E-state index in [2.05, 4.69) is 18.2 Å². The average Bonchev–Trinajstić information content (AvgIpc) is 2.80. The van der Waals surface area contributed by atoms with Gasteiger partial charge in [0.05, 0.1) is 0 Å². The number of benzene rings is 1. The van der Waals surface area contributed by atoms with Gasteiger partial charge in [-0.3, -0.25) is 0 Å². The second-order valence-corrected chi connectivity index (χ2v) is 6.37. The molecule has 2 atom stereocenters. The molecule has 32 heavy (non-hydrogen) atoms. The number of aliphatic hydroxyl groups excluding tert-OH is 1. The number of hydrogen-bond donors (Lipinski definition) is 2. The molecular formula is C24H40NO5ReSn. The molecule has 0 aliphatic carbocycles. The van der Waals surface area contributed by atoms with Crippen molar-refractivity contribution in [2.45, 2.75) is 61.1 Å². The molecule has 0 heterocycles. The van der Waals surface area contributed by atoms with E-state index in [1.54, 1.807) is 6.08 Å². The zero-order valence-electron chi connectivity index (χ0n) is 20.5. The van der Waals surface area contributed by atoms with E-state index in [0.717, 1.165) is 34.5 Å². The number of carbonyl (C=O) groups is 2. The Labute approximate surface area is 222 Å². The van der Waals surface area contributed by atoms with Gasteiger partial charge in [-0.15, -0.1) is 6.58 Å². The molecule has 2 unspecified atom stereocenters. The van der Waals surface area contributed by atoms with Crippen LogP contribution < -0.4 is 5.32 Å². The van der Waals surface area contributed by atoms with Crippen molar-refractivity contribution in [3.63, 3.8) is 0 Å². The summed E-state index contributed by atoms with van der Waals surface area (Å²) in [5.74, 6) is -0.899. The van der Waals surface area contributed by atoms with Gasteiger partial charge in [0.1, 0.15) is 0 Å². The first-order valence-corrected chi connectivity index (χ1v) is 12.7. The van der Waals surface area contributed by atoms with Gasteiger partial charge in [-0.2, -0.15) is 0 Å². The van der Waals surface area contributed by atoms with Gasteiger partial charge in [-0.25, -0.2) is 0 Å². The van der Waals surface area contributed by atoms with Crippen LogP contribution in [-0.2, 0) is 34.7 Å². The van der Waals surface area contributed by atoms with Crippen LogP contribution >= 0.6 is 0 Å². The van der Waals surface area contributed by atoms with E-state index in [1.807, 2.05) is 83.3 Å². The van der Waals surface area contributed by atoms with E-state index in [-0.39, 0.29) is 37.6 Å². The molecule has 0 spiro atoms. The van der Waals surface area contributed by atoms with Gasteiger partial charge in [0.25, 0.3) is 0 Å². The minimum absolute atomic E-state index is 0. The fourth-order valence-electron chi connectivity index (χ4n) is 2.03. The van der Waals surface area contributed by atoms with Gasteiger partial charge >= 0.3 is 118 Å². The molecule has 0 aromatic heterocycles. The van der Waals surface area contributed by atoms with Gasteiger partial charge in [0, 0.05) is 20.4 Å². The van der Waals surface area contributed by atoms with Crippen LogP contribution in [0.5, 0.6) is 0 Å². The zero-order valence-corrected chi connectivity index (χ0v) is 26.1. The number of hydrogen-bond acceptors (Lipinski definition) is 5. The van der Waals surface area contributed by atoms with Crippen molar-refractivity contribution < 1.29 is 44.6 Å². The number of nitrogens with one attached hydrogen (secondary N) is 1. The number of rotatable bonds is 8. The van der Waals surface area contributed by atoms with Crippen LogP contribution in [0.2, 0.25) is 0 Å². The molecule has 182 valence electrons. The molecule has 0 fully saturated rings. The molecule has 6 nitrogen and oxygen atoms in total. The fourth-order valence-corrected chi connectivity index (χ4v) is 2.44. The number of allylic oxidation sites excluding steroid dienone is 2. The van der Waals surface area contributed by atoms with E-state index >= 15 is 0 Å². The van der Waals surface area contributed by atoms with Gasteiger partial charge in [-0.05, 0) is 6.92 Å². The molecule has 0 bridgehead atoms. The summed E-state index contributed by atoms with van der Waals surface area (Å²) >= 11 is 0.995. The number of aliphatic hydroxyl groups is 1. The van der Waals surface area contributed by atoms with Crippen LogP contribution in [0.15, 0.2) is 49.1 Å². The van der Waals surface area contributed by atoms with Crippen LogP contribution in [-0.4, -0.2) is 57.2 Å². The second-order valence-electron chi connectivity index (χ2n) is 5.55. The third-order valence-electron chi connectivity index (χ3n) is 3.18. The third-order valence-corrected chi connectivity index (χ3v) is 3.59. The second kappa shape index (κ2) is 27.9. The van der Waals surface area contributed by atoms with Gasteiger partial charge in [0.2, 0.25) is 0 Å². The SMILES string of the molecule is C=CC.CC.CC.CC/C(=C/C(C)COC(=O)NC(O)C(=O)O[CH2][Sn])c1ccccc1.[Re]. The summed E-state index contributed by atoms with van der Waals surface area (Å²) in [7, 11) is 0. The van der Waals surface area contributed by atoms with E-state index in [9.17, 15) is 14.7 Å². The summed E-state index contributed by atoms with van der Waals surface area (Å²) in [6.07, 6.45) is 2.10. The van der Waals surface area contributed by atoms with Gasteiger partial charge in [-0.1, -0.05) is 71.0 Å². The first-order valence-electron chi connectivity index (χ1n) is 10.6. The predicted octanol–water partition coefficient (Wildman–Crippen LogP) is 5.07. The molecule has 4 radical (unpaired) electrons. The first kappa shape index (κ1) is 38.1. The smallest absolute Gasteiger partial charge is 0.0622 e. The molecule has 0 aliphatic heterocycles. The molecule has 1 amide bonds. The van der Waals surface area contributed by atoms with Gasteiger partial charge < -0.3 is 0 Å². The van der Waals surface area contributed by atoms with E-state index < -0.39 is 18.3 Å². The van der Waals surface area contributed by atoms with E-state index in [4.69, 9.17) is 4.74 Å². The summed E-state index contributed by atoms with van der Waals surface area (Å²) < 4.78 is 9.85. The number of alkyl carbamates (subject to hydrolysis) is 1. The van der Waals surface area contributed by atoms with E-state index in [0.29, 0.717) is 0 Å². The average molecular weight is 728 g/mol.